The molecule has 1 atom stereocenters. The van der Waals surface area contributed by atoms with E-state index in [1.54, 1.807) is 37.3 Å². The zero-order valence-electron chi connectivity index (χ0n) is 20.7. The minimum atomic E-state index is -4.66. The summed E-state index contributed by atoms with van der Waals surface area (Å²) in [5.41, 5.74) is -2.23. The predicted molar refractivity (Wildman–Crippen MR) is 135 cm³/mol. The summed E-state index contributed by atoms with van der Waals surface area (Å²) in [6.45, 7) is 1.66. The molecule has 4 rings (SSSR count). The zero-order valence-corrected chi connectivity index (χ0v) is 21.7. The maximum atomic E-state index is 13.4. The molecule has 0 amide bonds. The van der Waals surface area contributed by atoms with Crippen molar-refractivity contribution in [1.29, 1.82) is 0 Å². The monoisotopic (exact) mass is 584 g/mol. The van der Waals surface area contributed by atoms with E-state index in [1.807, 2.05) is 0 Å². The molecule has 0 aliphatic carbocycles. The zero-order chi connectivity index (χ0) is 29.3. The Bertz CT molecular complexity index is 1270. The van der Waals surface area contributed by atoms with Crippen LogP contribution in [0.25, 0.3) is 0 Å². The van der Waals surface area contributed by atoms with Gasteiger partial charge < -0.3 is 4.43 Å². The van der Waals surface area contributed by atoms with Gasteiger partial charge in [0.05, 0.1) is 22.8 Å². The molecule has 0 aromatic heterocycles. The second kappa shape index (κ2) is 10.8. The summed E-state index contributed by atoms with van der Waals surface area (Å²) in [5.74, 6) is 0. The largest absolute Gasteiger partial charge is 0.416 e. The van der Waals surface area contributed by atoms with Gasteiger partial charge in [-0.05, 0) is 28.0 Å². The highest BCUT2D eigenvalue weighted by atomic mass is 28.4. The fourth-order valence-corrected chi connectivity index (χ4v) is 8.43. The Hall–Kier alpha value is -3.57. The van der Waals surface area contributed by atoms with Crippen LogP contribution in [0.15, 0.2) is 103 Å². The highest BCUT2D eigenvalue weighted by Gasteiger charge is 2.45. The Morgan fingerprint density at radius 3 is 1.05 bits per heavy atom. The lowest BCUT2D eigenvalue weighted by Crippen LogP contribution is -2.69. The third-order valence-corrected chi connectivity index (χ3v) is 10.6. The van der Waals surface area contributed by atoms with Crippen molar-refractivity contribution in [2.45, 2.75) is 31.6 Å². The van der Waals surface area contributed by atoms with E-state index in [-0.39, 0.29) is 15.6 Å². The van der Waals surface area contributed by atoms with E-state index in [0.717, 1.165) is 36.4 Å². The molecule has 1 unspecified atom stereocenters. The molecular formula is C29H21F9OSi. The van der Waals surface area contributed by atoms with Gasteiger partial charge in [0.2, 0.25) is 0 Å². The number of benzene rings is 4. The Kier molecular flexibility index (Phi) is 7.92. The lowest BCUT2D eigenvalue weighted by Gasteiger charge is -2.36. The molecule has 0 aliphatic heterocycles. The van der Waals surface area contributed by atoms with Crippen molar-refractivity contribution in [3.8, 4) is 0 Å². The van der Waals surface area contributed by atoms with Crippen LogP contribution in [-0.4, -0.2) is 8.32 Å². The number of hydrogen-bond donors (Lipinski definition) is 0. The molecule has 0 heterocycles. The molecule has 0 saturated carbocycles. The van der Waals surface area contributed by atoms with Crippen LogP contribution in [0.2, 0.25) is 0 Å². The molecule has 4 aromatic rings. The molecule has 0 fully saturated rings. The van der Waals surface area contributed by atoms with Crippen LogP contribution in [0, 0.1) is 0 Å². The van der Waals surface area contributed by atoms with Crippen molar-refractivity contribution < 1.29 is 43.9 Å². The molecule has 40 heavy (non-hydrogen) atoms. The molecule has 0 saturated heterocycles. The fourth-order valence-electron chi connectivity index (χ4n) is 4.44. The number of rotatable bonds is 6. The Labute approximate surface area is 225 Å². The molecule has 0 radical (unpaired) electrons. The lowest BCUT2D eigenvalue weighted by molar-refractivity contribution is -0.138. The van der Waals surface area contributed by atoms with E-state index in [9.17, 15) is 39.5 Å². The van der Waals surface area contributed by atoms with Crippen LogP contribution in [0.3, 0.4) is 0 Å². The molecule has 0 bridgehead atoms. The van der Waals surface area contributed by atoms with Crippen LogP contribution in [0.5, 0.6) is 0 Å². The summed E-state index contributed by atoms with van der Waals surface area (Å²) in [6, 6.07) is 20.6. The summed E-state index contributed by atoms with van der Waals surface area (Å²) in [5, 5.41) is 0.633. The van der Waals surface area contributed by atoms with Crippen LogP contribution in [0.1, 0.15) is 35.3 Å². The van der Waals surface area contributed by atoms with Gasteiger partial charge >= 0.3 is 18.5 Å². The first-order chi connectivity index (χ1) is 18.6. The first-order valence-electron chi connectivity index (χ1n) is 11.9. The normalized spacial score (nSPS) is 13.8. The Balaban J connectivity index is 1.99. The van der Waals surface area contributed by atoms with Crippen molar-refractivity contribution in [2.24, 2.45) is 0 Å². The summed E-state index contributed by atoms with van der Waals surface area (Å²) in [7, 11) is -4.02. The summed E-state index contributed by atoms with van der Waals surface area (Å²) in [4.78, 5) is 0. The van der Waals surface area contributed by atoms with E-state index in [2.05, 4.69) is 0 Å². The maximum Gasteiger partial charge on any atom is 0.416 e. The number of alkyl halides is 9. The van der Waals surface area contributed by atoms with Crippen LogP contribution in [-0.2, 0) is 23.0 Å². The van der Waals surface area contributed by atoms with E-state index in [4.69, 9.17) is 4.43 Å². The van der Waals surface area contributed by atoms with Gasteiger partial charge in [-0.3, -0.25) is 0 Å². The SMILES string of the molecule is CC(O[Si](c1ccc(C(F)(F)F)cc1)(c1ccc(C(F)(F)F)cc1)c1ccc(C(F)(F)F)cc1)c1ccccc1. The molecule has 0 spiro atoms. The highest BCUT2D eigenvalue weighted by molar-refractivity contribution is 7.07. The van der Waals surface area contributed by atoms with E-state index in [0.29, 0.717) is 5.56 Å². The lowest BCUT2D eigenvalue weighted by atomic mass is 10.1. The summed E-state index contributed by atoms with van der Waals surface area (Å²) < 4.78 is 127. The number of hydrogen-bond acceptors (Lipinski definition) is 1. The minimum absolute atomic E-state index is 0.211. The Morgan fingerprint density at radius 1 is 0.475 bits per heavy atom. The van der Waals surface area contributed by atoms with Crippen molar-refractivity contribution in [1.82, 2.24) is 0 Å². The van der Waals surface area contributed by atoms with Crippen molar-refractivity contribution in [3.63, 3.8) is 0 Å². The molecule has 1 nitrogen and oxygen atoms in total. The van der Waals surface area contributed by atoms with E-state index < -0.39 is 49.6 Å². The number of halogens is 9. The minimum Gasteiger partial charge on any atom is -0.397 e. The van der Waals surface area contributed by atoms with Crippen molar-refractivity contribution in [2.75, 3.05) is 0 Å². The maximum absolute atomic E-state index is 13.4. The van der Waals surface area contributed by atoms with Gasteiger partial charge in [0, 0.05) is 0 Å². The third-order valence-electron chi connectivity index (χ3n) is 6.48. The van der Waals surface area contributed by atoms with Gasteiger partial charge in [0.15, 0.2) is 0 Å². The second-order valence-electron chi connectivity index (χ2n) is 9.08. The van der Waals surface area contributed by atoms with Gasteiger partial charge in [-0.25, -0.2) is 0 Å². The molecule has 210 valence electrons. The average molecular weight is 585 g/mol. The highest BCUT2D eigenvalue weighted by Crippen LogP contribution is 2.32. The van der Waals surface area contributed by atoms with Gasteiger partial charge in [-0.1, -0.05) is 103 Å². The smallest absolute Gasteiger partial charge is 0.397 e. The van der Waals surface area contributed by atoms with Gasteiger partial charge in [-0.15, -0.1) is 0 Å². The van der Waals surface area contributed by atoms with Crippen molar-refractivity contribution >= 4 is 23.9 Å². The van der Waals surface area contributed by atoms with E-state index in [1.165, 1.54) is 36.4 Å². The second-order valence-corrected chi connectivity index (χ2v) is 12.4. The summed E-state index contributed by atoms with van der Waals surface area (Å²) >= 11 is 0. The Morgan fingerprint density at radius 2 is 0.775 bits per heavy atom. The first kappa shape index (κ1) is 29.4. The molecule has 0 N–H and O–H groups in total. The average Bonchev–Trinajstić information content (AvgIpc) is 2.91. The van der Waals surface area contributed by atoms with Gasteiger partial charge in [0.1, 0.15) is 0 Å². The topological polar surface area (TPSA) is 9.23 Å². The standard InChI is InChI=1S/C29H21F9OSi/c1-19(20-5-3-2-4-6-20)39-40(24-13-7-21(8-14-24)27(30,31)32,25-15-9-22(10-16-25)28(33,34)35)26-17-11-23(12-18-26)29(36,37)38/h2-19H,1H3. The quantitative estimate of drug-likeness (QED) is 0.130. The van der Waals surface area contributed by atoms with E-state index >= 15 is 0 Å². The first-order valence-corrected chi connectivity index (χ1v) is 13.8. The third kappa shape index (κ3) is 6.10. The van der Waals surface area contributed by atoms with Crippen LogP contribution in [0.4, 0.5) is 39.5 Å². The van der Waals surface area contributed by atoms with Crippen LogP contribution < -0.4 is 15.6 Å². The fraction of sp³-hybridized carbons (Fsp3) is 0.172. The molecule has 4 aromatic carbocycles. The molecule has 0 aliphatic rings. The van der Waals surface area contributed by atoms with Gasteiger partial charge in [0.25, 0.3) is 8.32 Å². The summed E-state index contributed by atoms with van der Waals surface area (Å²) in [6.07, 6.45) is -14.7. The van der Waals surface area contributed by atoms with Crippen molar-refractivity contribution in [3.05, 3.63) is 125 Å². The van der Waals surface area contributed by atoms with Crippen LogP contribution >= 0.6 is 0 Å². The predicted octanol–water partition coefficient (Wildman–Crippen LogP) is 7.49. The molecular weight excluding hydrogens is 563 g/mol. The molecule has 11 heteroatoms. The van der Waals surface area contributed by atoms with Gasteiger partial charge in [-0.2, -0.15) is 39.5 Å².